The highest BCUT2D eigenvalue weighted by atomic mass is 35.5. The number of aryl methyl sites for hydroxylation is 1. The van der Waals surface area contributed by atoms with Crippen molar-refractivity contribution in [3.63, 3.8) is 0 Å². The third kappa shape index (κ3) is 4.70. The first-order valence-electron chi connectivity index (χ1n) is 7.17. The van der Waals surface area contributed by atoms with Gasteiger partial charge in [-0.2, -0.15) is 0 Å². The molecule has 0 saturated carbocycles. The van der Waals surface area contributed by atoms with E-state index in [9.17, 15) is 14.0 Å². The van der Waals surface area contributed by atoms with Crippen LogP contribution in [0.15, 0.2) is 42.5 Å². The van der Waals surface area contributed by atoms with Crippen molar-refractivity contribution in [2.24, 2.45) is 0 Å². The summed E-state index contributed by atoms with van der Waals surface area (Å²) in [5, 5.41) is 0.290. The lowest BCUT2D eigenvalue weighted by Gasteiger charge is -2.09. The van der Waals surface area contributed by atoms with Crippen molar-refractivity contribution in [3.8, 4) is 5.75 Å². The van der Waals surface area contributed by atoms with E-state index in [2.05, 4.69) is 10.9 Å². The summed E-state index contributed by atoms with van der Waals surface area (Å²) in [5.41, 5.74) is 5.50. The molecule has 0 spiro atoms. The normalized spacial score (nSPS) is 10.1. The molecule has 0 aromatic heterocycles. The maximum absolute atomic E-state index is 13.6. The Labute approximate surface area is 143 Å². The molecule has 126 valence electrons. The quantitative estimate of drug-likeness (QED) is 0.815. The summed E-state index contributed by atoms with van der Waals surface area (Å²) in [5.74, 6) is -1.24. The number of carbonyl (C=O) groups excluding carboxylic acids is 2. The molecule has 0 radical (unpaired) electrons. The molecule has 2 aromatic carbocycles. The Morgan fingerprint density at radius 2 is 1.92 bits per heavy atom. The van der Waals surface area contributed by atoms with Crippen LogP contribution in [0, 0.1) is 5.82 Å². The van der Waals surface area contributed by atoms with Gasteiger partial charge in [0.05, 0.1) is 17.7 Å². The van der Waals surface area contributed by atoms with Crippen molar-refractivity contribution >= 4 is 23.4 Å². The maximum Gasteiger partial charge on any atom is 0.271 e. The molecule has 0 unspecified atom stereocenters. The Balaban J connectivity index is 1.82. The largest absolute Gasteiger partial charge is 0.494 e. The number of hydrogen-bond donors (Lipinski definition) is 2. The van der Waals surface area contributed by atoms with E-state index >= 15 is 0 Å². The average molecular weight is 351 g/mol. The van der Waals surface area contributed by atoms with Crippen LogP contribution in [0.25, 0.3) is 0 Å². The van der Waals surface area contributed by atoms with Gasteiger partial charge >= 0.3 is 0 Å². The lowest BCUT2D eigenvalue weighted by molar-refractivity contribution is -0.121. The van der Waals surface area contributed by atoms with Crippen LogP contribution in [0.4, 0.5) is 4.39 Å². The van der Waals surface area contributed by atoms with Gasteiger partial charge in [-0.1, -0.05) is 29.8 Å². The van der Waals surface area contributed by atoms with Gasteiger partial charge in [-0.25, -0.2) is 4.39 Å². The molecule has 0 heterocycles. The summed E-state index contributed by atoms with van der Waals surface area (Å²) in [4.78, 5) is 23.7. The van der Waals surface area contributed by atoms with Gasteiger partial charge in [0.2, 0.25) is 5.91 Å². The number of ether oxygens (including phenoxy) is 1. The standard InChI is InChI=1S/C17H16ClFN2O3/c1-24-15-8-6-11(10-14(15)19)7-9-16(22)20-21-17(23)12-4-2-3-5-13(12)18/h2-6,8,10H,7,9H2,1H3,(H,20,22)(H,21,23). The molecule has 2 amide bonds. The topological polar surface area (TPSA) is 67.4 Å². The fourth-order valence-corrected chi connectivity index (χ4v) is 2.25. The third-order valence-corrected chi connectivity index (χ3v) is 3.62. The predicted molar refractivity (Wildman–Crippen MR) is 88.3 cm³/mol. The Kier molecular flexibility index (Phi) is 6.14. The fraction of sp³-hybridized carbons (Fsp3) is 0.176. The number of hydrogen-bond acceptors (Lipinski definition) is 3. The van der Waals surface area contributed by atoms with Gasteiger partial charge in [0, 0.05) is 6.42 Å². The van der Waals surface area contributed by atoms with E-state index in [0.29, 0.717) is 12.0 Å². The predicted octanol–water partition coefficient (Wildman–Crippen LogP) is 2.88. The summed E-state index contributed by atoms with van der Waals surface area (Å²) in [6.07, 6.45) is 0.420. The van der Waals surface area contributed by atoms with Gasteiger partial charge in [0.1, 0.15) is 0 Å². The number of benzene rings is 2. The highest BCUT2D eigenvalue weighted by molar-refractivity contribution is 6.33. The van der Waals surface area contributed by atoms with Gasteiger partial charge in [0.25, 0.3) is 5.91 Å². The molecule has 2 aromatic rings. The number of hydrazine groups is 1. The zero-order valence-electron chi connectivity index (χ0n) is 12.9. The Hall–Kier alpha value is -2.60. The molecular formula is C17H16ClFN2O3. The second-order valence-electron chi connectivity index (χ2n) is 4.95. The Bertz CT molecular complexity index is 752. The first-order valence-corrected chi connectivity index (χ1v) is 7.55. The fourth-order valence-electron chi connectivity index (χ4n) is 2.02. The minimum Gasteiger partial charge on any atom is -0.494 e. The molecule has 0 bridgehead atoms. The zero-order chi connectivity index (χ0) is 17.5. The van der Waals surface area contributed by atoms with Gasteiger partial charge < -0.3 is 4.74 Å². The number of carbonyl (C=O) groups is 2. The lowest BCUT2D eigenvalue weighted by Crippen LogP contribution is -2.41. The van der Waals surface area contributed by atoms with Crippen LogP contribution >= 0.6 is 11.6 Å². The molecular weight excluding hydrogens is 335 g/mol. The lowest BCUT2D eigenvalue weighted by atomic mass is 10.1. The summed E-state index contributed by atoms with van der Waals surface area (Å²) < 4.78 is 18.4. The van der Waals surface area contributed by atoms with Gasteiger partial charge in [-0.05, 0) is 36.2 Å². The number of amides is 2. The number of halogens is 2. The second kappa shape index (κ2) is 8.31. The van der Waals surface area contributed by atoms with Crippen LogP contribution in [0.2, 0.25) is 5.02 Å². The van der Waals surface area contributed by atoms with Crippen molar-refractivity contribution in [2.45, 2.75) is 12.8 Å². The Morgan fingerprint density at radius 3 is 2.58 bits per heavy atom. The maximum atomic E-state index is 13.6. The van der Waals surface area contributed by atoms with E-state index in [1.54, 1.807) is 30.3 Å². The van der Waals surface area contributed by atoms with Gasteiger partial charge in [0.15, 0.2) is 11.6 Å². The number of nitrogens with one attached hydrogen (secondary N) is 2. The minimum atomic E-state index is -0.510. The first kappa shape index (κ1) is 17.7. The highest BCUT2D eigenvalue weighted by Gasteiger charge is 2.11. The monoisotopic (exact) mass is 350 g/mol. The van der Waals surface area contributed by atoms with Crippen molar-refractivity contribution in [1.82, 2.24) is 10.9 Å². The molecule has 0 atom stereocenters. The van der Waals surface area contributed by atoms with Crippen molar-refractivity contribution in [1.29, 1.82) is 0 Å². The molecule has 0 saturated heterocycles. The van der Waals surface area contributed by atoms with Crippen molar-refractivity contribution in [2.75, 3.05) is 7.11 Å². The Morgan fingerprint density at radius 1 is 1.17 bits per heavy atom. The molecule has 24 heavy (non-hydrogen) atoms. The molecule has 7 heteroatoms. The van der Waals surface area contributed by atoms with E-state index in [0.717, 1.165) is 0 Å². The van der Waals surface area contributed by atoms with Crippen LogP contribution in [-0.2, 0) is 11.2 Å². The van der Waals surface area contributed by atoms with E-state index < -0.39 is 17.6 Å². The van der Waals surface area contributed by atoms with Gasteiger partial charge in [-0.15, -0.1) is 0 Å². The SMILES string of the molecule is COc1ccc(CCC(=O)NNC(=O)c2ccccc2Cl)cc1F. The van der Waals surface area contributed by atoms with Crippen molar-refractivity contribution in [3.05, 3.63) is 64.4 Å². The van der Waals surface area contributed by atoms with Crippen LogP contribution in [-0.4, -0.2) is 18.9 Å². The third-order valence-electron chi connectivity index (χ3n) is 3.29. The summed E-state index contributed by atoms with van der Waals surface area (Å²) >= 11 is 5.90. The average Bonchev–Trinajstić information content (AvgIpc) is 2.58. The zero-order valence-corrected chi connectivity index (χ0v) is 13.7. The summed E-state index contributed by atoms with van der Waals surface area (Å²) in [6.45, 7) is 0. The molecule has 0 fully saturated rings. The summed E-state index contributed by atoms with van der Waals surface area (Å²) in [6, 6.07) is 11.0. The number of rotatable bonds is 5. The van der Waals surface area contributed by atoms with E-state index in [-0.39, 0.29) is 22.8 Å². The van der Waals surface area contributed by atoms with Crippen molar-refractivity contribution < 1.29 is 18.7 Å². The molecule has 0 aliphatic rings. The highest BCUT2D eigenvalue weighted by Crippen LogP contribution is 2.18. The van der Waals surface area contributed by atoms with E-state index in [4.69, 9.17) is 16.3 Å². The minimum absolute atomic E-state index is 0.0918. The molecule has 2 N–H and O–H groups in total. The molecule has 2 rings (SSSR count). The van der Waals surface area contributed by atoms with Crippen LogP contribution in [0.3, 0.4) is 0 Å². The van der Waals surface area contributed by atoms with E-state index in [1.807, 2.05) is 0 Å². The van der Waals surface area contributed by atoms with Crippen LogP contribution < -0.4 is 15.6 Å². The molecule has 0 aliphatic carbocycles. The molecule has 5 nitrogen and oxygen atoms in total. The van der Waals surface area contributed by atoms with Crippen LogP contribution in [0.1, 0.15) is 22.3 Å². The second-order valence-corrected chi connectivity index (χ2v) is 5.36. The summed E-state index contributed by atoms with van der Waals surface area (Å²) in [7, 11) is 1.38. The smallest absolute Gasteiger partial charge is 0.271 e. The first-order chi connectivity index (χ1) is 11.5. The van der Waals surface area contributed by atoms with Gasteiger partial charge in [-0.3, -0.25) is 20.4 Å². The number of methoxy groups -OCH3 is 1. The van der Waals surface area contributed by atoms with Crippen LogP contribution in [0.5, 0.6) is 5.75 Å². The van der Waals surface area contributed by atoms with E-state index in [1.165, 1.54) is 19.2 Å². The molecule has 0 aliphatic heterocycles.